The van der Waals surface area contributed by atoms with Gasteiger partial charge in [-0.3, -0.25) is 9.78 Å². The van der Waals surface area contributed by atoms with Gasteiger partial charge in [0.15, 0.2) is 0 Å². The molecule has 0 aliphatic carbocycles. The van der Waals surface area contributed by atoms with Crippen LogP contribution in [-0.2, 0) is 12.6 Å². The highest BCUT2D eigenvalue weighted by atomic mass is 19.4. The number of alkyl halides is 3. The van der Waals surface area contributed by atoms with E-state index in [9.17, 15) is 22.4 Å². The molecule has 0 aliphatic rings. The summed E-state index contributed by atoms with van der Waals surface area (Å²) < 4.78 is 51.3. The Labute approximate surface area is 207 Å². The standard InChI is InChI=1S/C16H14F4N2O.C8H12.2C2H6/c1-2-3-14-13(8-10(9-21-14)16(18,19)20)15(23)22-12-6-4-11(17)5-7-12;1-4-5-6-7-8(2)3;2*1-2/h4-9H,2-3H2,1H3,(H,22,23);4-7H,2H2,1,3H3;2*1-2H3/b;5-4-,7-6-;;. The molecule has 0 saturated carbocycles. The maximum Gasteiger partial charge on any atom is 0.417 e. The van der Waals surface area contributed by atoms with Gasteiger partial charge in [0.05, 0.1) is 16.8 Å². The molecule has 0 fully saturated rings. The Morgan fingerprint density at radius 3 is 2.11 bits per heavy atom. The summed E-state index contributed by atoms with van der Waals surface area (Å²) >= 11 is 0. The number of hydrogen-bond acceptors (Lipinski definition) is 2. The molecule has 0 bridgehead atoms. The van der Waals surface area contributed by atoms with Crippen molar-refractivity contribution in [3.05, 3.63) is 95.6 Å². The van der Waals surface area contributed by atoms with Gasteiger partial charge in [-0.05, 0) is 50.6 Å². The normalized spacial score (nSPS) is 10.4. The van der Waals surface area contributed by atoms with Crippen molar-refractivity contribution in [1.82, 2.24) is 4.98 Å². The van der Waals surface area contributed by atoms with Crippen molar-refractivity contribution in [3.8, 4) is 0 Å². The first kappa shape index (κ1) is 34.0. The number of amides is 1. The summed E-state index contributed by atoms with van der Waals surface area (Å²) in [7, 11) is 0. The molecule has 7 heteroatoms. The van der Waals surface area contributed by atoms with Gasteiger partial charge in [-0.1, -0.05) is 77.5 Å². The predicted molar refractivity (Wildman–Crippen MR) is 139 cm³/mol. The topological polar surface area (TPSA) is 42.0 Å². The van der Waals surface area contributed by atoms with Crippen molar-refractivity contribution in [1.29, 1.82) is 0 Å². The molecule has 2 aromatic rings. The smallest absolute Gasteiger partial charge is 0.322 e. The molecule has 1 heterocycles. The van der Waals surface area contributed by atoms with Gasteiger partial charge >= 0.3 is 6.18 Å². The number of benzene rings is 1. The Morgan fingerprint density at radius 2 is 1.66 bits per heavy atom. The fourth-order valence-electron chi connectivity index (χ4n) is 2.34. The third-order valence-electron chi connectivity index (χ3n) is 3.82. The Morgan fingerprint density at radius 1 is 1.09 bits per heavy atom. The average Bonchev–Trinajstić information content (AvgIpc) is 2.83. The van der Waals surface area contributed by atoms with Gasteiger partial charge in [0.2, 0.25) is 0 Å². The lowest BCUT2D eigenvalue weighted by Crippen LogP contribution is -2.17. The maximum atomic E-state index is 12.8. The third-order valence-corrected chi connectivity index (χ3v) is 3.82. The van der Waals surface area contributed by atoms with Crippen LogP contribution in [0.2, 0.25) is 0 Å². The van der Waals surface area contributed by atoms with Gasteiger partial charge in [-0.25, -0.2) is 4.39 Å². The molecule has 0 spiro atoms. The van der Waals surface area contributed by atoms with Crippen LogP contribution in [0.15, 0.2) is 73.0 Å². The van der Waals surface area contributed by atoms with Gasteiger partial charge in [0.25, 0.3) is 5.91 Å². The fourth-order valence-corrected chi connectivity index (χ4v) is 2.34. The van der Waals surface area contributed by atoms with E-state index in [1.807, 2.05) is 72.8 Å². The second-order valence-electron chi connectivity index (χ2n) is 6.66. The minimum absolute atomic E-state index is 0.133. The van der Waals surface area contributed by atoms with E-state index in [4.69, 9.17) is 0 Å². The van der Waals surface area contributed by atoms with E-state index in [0.717, 1.165) is 30.0 Å². The van der Waals surface area contributed by atoms with E-state index in [0.29, 0.717) is 18.5 Å². The van der Waals surface area contributed by atoms with Crippen LogP contribution in [0.3, 0.4) is 0 Å². The van der Waals surface area contributed by atoms with E-state index in [-0.39, 0.29) is 11.3 Å². The maximum absolute atomic E-state index is 12.8. The predicted octanol–water partition coefficient (Wildman–Crippen LogP) is 9.19. The van der Waals surface area contributed by atoms with Gasteiger partial charge in [-0.15, -0.1) is 0 Å². The highest BCUT2D eigenvalue weighted by Crippen LogP contribution is 2.30. The van der Waals surface area contributed by atoms with Crippen LogP contribution in [0.4, 0.5) is 23.2 Å². The highest BCUT2D eigenvalue weighted by molar-refractivity contribution is 6.05. The number of allylic oxidation sites excluding steroid dienone is 5. The molecule has 35 heavy (non-hydrogen) atoms. The Kier molecular flexibility index (Phi) is 18.6. The number of pyridine rings is 1. The van der Waals surface area contributed by atoms with Gasteiger partial charge in [0.1, 0.15) is 5.82 Å². The summed E-state index contributed by atoms with van der Waals surface area (Å²) in [5.74, 6) is -1.19. The fraction of sp³-hybridized carbons (Fsp3) is 0.357. The number of aryl methyl sites for hydroxylation is 1. The molecule has 1 amide bonds. The van der Waals surface area contributed by atoms with Crippen LogP contribution < -0.4 is 5.32 Å². The molecule has 0 unspecified atom stereocenters. The number of aromatic nitrogens is 1. The number of halogens is 4. The quantitative estimate of drug-likeness (QED) is 0.321. The summed E-state index contributed by atoms with van der Waals surface area (Å²) in [6, 6.07) is 5.73. The second kappa shape index (κ2) is 19.1. The Balaban J connectivity index is 0. The summed E-state index contributed by atoms with van der Waals surface area (Å²) in [6.07, 6.45) is 5.07. The molecule has 0 aliphatic heterocycles. The number of anilines is 1. The molecule has 1 aromatic heterocycles. The van der Waals surface area contributed by atoms with E-state index in [2.05, 4.69) is 16.9 Å². The summed E-state index contributed by atoms with van der Waals surface area (Å²) in [5.41, 5.74) is 0.548. The molecule has 0 radical (unpaired) electrons. The van der Waals surface area contributed by atoms with Crippen molar-refractivity contribution < 1.29 is 22.4 Å². The van der Waals surface area contributed by atoms with Crippen molar-refractivity contribution in [2.75, 3.05) is 5.32 Å². The zero-order valence-electron chi connectivity index (χ0n) is 21.8. The van der Waals surface area contributed by atoms with Crippen molar-refractivity contribution >= 4 is 11.6 Å². The second-order valence-corrected chi connectivity index (χ2v) is 6.66. The van der Waals surface area contributed by atoms with Crippen LogP contribution in [-0.4, -0.2) is 10.9 Å². The monoisotopic (exact) mass is 494 g/mol. The van der Waals surface area contributed by atoms with E-state index in [1.54, 1.807) is 0 Å². The number of carbonyl (C=O) groups is 1. The van der Waals surface area contributed by atoms with E-state index >= 15 is 0 Å². The summed E-state index contributed by atoms with van der Waals surface area (Å²) in [6.45, 7) is 17.5. The van der Waals surface area contributed by atoms with Crippen LogP contribution in [0, 0.1) is 5.82 Å². The highest BCUT2D eigenvalue weighted by Gasteiger charge is 2.32. The number of nitrogens with zero attached hydrogens (tertiary/aromatic N) is 1. The summed E-state index contributed by atoms with van der Waals surface area (Å²) in [4.78, 5) is 16.0. The van der Waals surface area contributed by atoms with Gasteiger partial charge < -0.3 is 5.32 Å². The molecular formula is C28H38F4N2O. The van der Waals surface area contributed by atoms with E-state index < -0.39 is 23.5 Å². The van der Waals surface area contributed by atoms with Crippen LogP contribution in [0.25, 0.3) is 0 Å². The van der Waals surface area contributed by atoms with Crippen LogP contribution in [0.1, 0.15) is 76.5 Å². The molecule has 0 saturated heterocycles. The lowest BCUT2D eigenvalue weighted by molar-refractivity contribution is -0.137. The van der Waals surface area contributed by atoms with Crippen molar-refractivity contribution in [2.24, 2.45) is 0 Å². The molecule has 2 rings (SSSR count). The molecule has 194 valence electrons. The number of hydrogen-bond donors (Lipinski definition) is 1. The number of nitrogens with one attached hydrogen (secondary N) is 1. The third kappa shape index (κ3) is 14.6. The molecule has 0 atom stereocenters. The molecule has 3 nitrogen and oxygen atoms in total. The first-order valence-electron chi connectivity index (χ1n) is 11.7. The number of carbonyl (C=O) groups excluding carboxylic acids is 1. The lowest BCUT2D eigenvalue weighted by atomic mass is 10.1. The minimum Gasteiger partial charge on any atom is -0.322 e. The van der Waals surface area contributed by atoms with Crippen molar-refractivity contribution in [2.45, 2.75) is 67.5 Å². The lowest BCUT2D eigenvalue weighted by Gasteiger charge is -2.12. The summed E-state index contributed by atoms with van der Waals surface area (Å²) in [5, 5.41) is 2.45. The largest absolute Gasteiger partial charge is 0.417 e. The first-order chi connectivity index (χ1) is 16.6. The Hall–Kier alpha value is -3.22. The minimum atomic E-state index is -4.58. The zero-order chi connectivity index (χ0) is 27.4. The Bertz CT molecular complexity index is 931. The SMILES string of the molecule is C=C(C)/C=C\C=C/C.CC.CC.CCCc1ncc(C(F)(F)F)cc1C(=O)Nc1ccc(F)cc1. The van der Waals surface area contributed by atoms with Gasteiger partial charge in [0, 0.05) is 11.9 Å². The molecule has 1 aromatic carbocycles. The van der Waals surface area contributed by atoms with E-state index in [1.165, 1.54) is 12.1 Å². The van der Waals surface area contributed by atoms with Gasteiger partial charge in [-0.2, -0.15) is 13.2 Å². The molecular weight excluding hydrogens is 456 g/mol. The molecule has 1 N–H and O–H groups in total. The zero-order valence-corrected chi connectivity index (χ0v) is 21.8. The first-order valence-corrected chi connectivity index (χ1v) is 11.7. The number of rotatable bonds is 6. The van der Waals surface area contributed by atoms with Crippen LogP contribution in [0.5, 0.6) is 0 Å². The van der Waals surface area contributed by atoms with Crippen LogP contribution >= 0.6 is 0 Å². The average molecular weight is 495 g/mol. The van der Waals surface area contributed by atoms with Crippen molar-refractivity contribution in [3.63, 3.8) is 0 Å².